The molecule has 1 aromatic carbocycles. The molecule has 0 saturated carbocycles. The lowest BCUT2D eigenvalue weighted by Gasteiger charge is -2.03. The first kappa shape index (κ1) is 12.8. The number of hydrogen-bond acceptors (Lipinski definition) is 1. The summed E-state index contributed by atoms with van der Waals surface area (Å²) < 4.78 is 0. The smallest absolute Gasteiger partial charge is 0.0580 e. The normalized spacial score (nSPS) is 9.94. The Kier molecular flexibility index (Phi) is 6.37. The summed E-state index contributed by atoms with van der Waals surface area (Å²) in [5, 5.41) is 3.34. The van der Waals surface area contributed by atoms with Crippen LogP contribution in [0.2, 0.25) is 0 Å². The van der Waals surface area contributed by atoms with Crippen LogP contribution in [0.5, 0.6) is 0 Å². The van der Waals surface area contributed by atoms with Crippen molar-refractivity contribution in [1.82, 2.24) is 5.32 Å². The maximum absolute atomic E-state index is 3.34. The molecule has 1 rings (SSSR count). The maximum atomic E-state index is 3.34. The van der Waals surface area contributed by atoms with Gasteiger partial charge in [-0.05, 0) is 37.4 Å². The van der Waals surface area contributed by atoms with Crippen LogP contribution in [-0.4, -0.2) is 13.1 Å². The highest BCUT2D eigenvalue weighted by Gasteiger charge is 1.92. The first-order valence-electron chi connectivity index (χ1n) is 6.03. The van der Waals surface area contributed by atoms with E-state index in [0.717, 1.165) is 24.6 Å². The molecule has 0 aromatic heterocycles. The van der Waals surface area contributed by atoms with Crippen molar-refractivity contribution in [3.63, 3.8) is 0 Å². The van der Waals surface area contributed by atoms with Crippen molar-refractivity contribution in [2.24, 2.45) is 5.92 Å². The fourth-order valence-electron chi connectivity index (χ4n) is 1.45. The molecule has 0 aliphatic rings. The minimum atomic E-state index is 0.785. The van der Waals surface area contributed by atoms with Gasteiger partial charge in [0, 0.05) is 5.56 Å². The Morgan fingerprint density at radius 2 is 1.94 bits per heavy atom. The molecule has 1 nitrogen and oxygen atoms in total. The van der Waals surface area contributed by atoms with Gasteiger partial charge in [-0.25, -0.2) is 0 Å². The number of rotatable bonds is 5. The molecule has 0 atom stereocenters. The van der Waals surface area contributed by atoms with Crippen molar-refractivity contribution in [1.29, 1.82) is 0 Å². The van der Waals surface area contributed by atoms with Gasteiger partial charge in [0.1, 0.15) is 0 Å². The van der Waals surface area contributed by atoms with E-state index in [1.54, 1.807) is 0 Å². The fourth-order valence-corrected chi connectivity index (χ4v) is 1.45. The highest BCUT2D eigenvalue weighted by molar-refractivity contribution is 5.33. The monoisotopic (exact) mass is 215 g/mol. The Morgan fingerprint density at radius 1 is 1.19 bits per heavy atom. The third-order valence-electron chi connectivity index (χ3n) is 2.35. The van der Waals surface area contributed by atoms with Crippen molar-refractivity contribution >= 4 is 0 Å². The van der Waals surface area contributed by atoms with Crippen LogP contribution in [0.15, 0.2) is 30.3 Å². The molecule has 1 N–H and O–H groups in total. The third-order valence-corrected chi connectivity index (χ3v) is 2.35. The van der Waals surface area contributed by atoms with E-state index in [-0.39, 0.29) is 0 Å². The largest absolute Gasteiger partial charge is 0.306 e. The minimum Gasteiger partial charge on any atom is -0.306 e. The van der Waals surface area contributed by atoms with Crippen molar-refractivity contribution in [3.05, 3.63) is 35.9 Å². The van der Waals surface area contributed by atoms with Gasteiger partial charge in [-0.1, -0.05) is 43.9 Å². The van der Waals surface area contributed by atoms with Crippen molar-refractivity contribution in [3.8, 4) is 11.8 Å². The topological polar surface area (TPSA) is 12.0 Å². The molecule has 0 heterocycles. The number of benzene rings is 1. The second kappa shape index (κ2) is 7.96. The number of hydrogen-bond donors (Lipinski definition) is 1. The Morgan fingerprint density at radius 3 is 2.62 bits per heavy atom. The lowest BCUT2D eigenvalue weighted by atomic mass is 10.1. The molecular formula is C15H21N. The molecule has 0 unspecified atom stereocenters. The molecule has 0 amide bonds. The third kappa shape index (κ3) is 6.27. The van der Waals surface area contributed by atoms with Crippen molar-refractivity contribution in [2.75, 3.05) is 13.1 Å². The van der Waals surface area contributed by atoms with Crippen LogP contribution in [0.3, 0.4) is 0 Å². The fraction of sp³-hybridized carbons (Fsp3) is 0.467. The van der Waals surface area contributed by atoms with Gasteiger partial charge < -0.3 is 5.32 Å². The van der Waals surface area contributed by atoms with E-state index in [9.17, 15) is 0 Å². The Hall–Kier alpha value is -1.26. The summed E-state index contributed by atoms with van der Waals surface area (Å²) in [7, 11) is 0. The van der Waals surface area contributed by atoms with Gasteiger partial charge in [0.05, 0.1) is 6.54 Å². The zero-order valence-corrected chi connectivity index (χ0v) is 10.3. The molecule has 0 spiro atoms. The number of nitrogens with one attached hydrogen (secondary N) is 1. The average molecular weight is 215 g/mol. The summed E-state index contributed by atoms with van der Waals surface area (Å²) in [4.78, 5) is 0. The Balaban J connectivity index is 2.10. The van der Waals surface area contributed by atoms with Gasteiger partial charge in [-0.2, -0.15) is 0 Å². The summed E-state index contributed by atoms with van der Waals surface area (Å²) in [6.45, 7) is 6.37. The van der Waals surface area contributed by atoms with E-state index >= 15 is 0 Å². The first-order chi connectivity index (χ1) is 7.79. The van der Waals surface area contributed by atoms with Crippen molar-refractivity contribution in [2.45, 2.75) is 26.7 Å². The van der Waals surface area contributed by atoms with Gasteiger partial charge in [0.25, 0.3) is 0 Å². The molecule has 0 radical (unpaired) electrons. The maximum Gasteiger partial charge on any atom is 0.0580 e. The predicted octanol–water partition coefficient (Wildman–Crippen LogP) is 3.06. The molecule has 16 heavy (non-hydrogen) atoms. The summed E-state index contributed by atoms with van der Waals surface area (Å²) in [6.07, 6.45) is 2.53. The van der Waals surface area contributed by atoms with E-state index < -0.39 is 0 Å². The summed E-state index contributed by atoms with van der Waals surface area (Å²) >= 11 is 0. The van der Waals surface area contributed by atoms with Gasteiger partial charge in [0.2, 0.25) is 0 Å². The van der Waals surface area contributed by atoms with E-state index in [4.69, 9.17) is 0 Å². The second-order valence-corrected chi connectivity index (χ2v) is 4.38. The zero-order chi connectivity index (χ0) is 11.6. The highest BCUT2D eigenvalue weighted by Crippen LogP contribution is 2.01. The molecule has 86 valence electrons. The Labute approximate surface area is 99.3 Å². The lowest BCUT2D eigenvalue weighted by molar-refractivity contribution is 0.538. The second-order valence-electron chi connectivity index (χ2n) is 4.38. The average Bonchev–Trinajstić information content (AvgIpc) is 2.29. The molecule has 0 aliphatic carbocycles. The van der Waals surface area contributed by atoms with Gasteiger partial charge in [-0.15, -0.1) is 0 Å². The first-order valence-corrected chi connectivity index (χ1v) is 6.03. The van der Waals surface area contributed by atoms with Crippen LogP contribution < -0.4 is 5.32 Å². The molecule has 1 aromatic rings. The highest BCUT2D eigenvalue weighted by atomic mass is 14.8. The molecule has 0 fully saturated rings. The van der Waals surface area contributed by atoms with Crippen molar-refractivity contribution < 1.29 is 0 Å². The molecule has 1 heteroatoms. The van der Waals surface area contributed by atoms with E-state index in [1.165, 1.54) is 12.8 Å². The lowest BCUT2D eigenvalue weighted by Crippen LogP contribution is -2.15. The quantitative estimate of drug-likeness (QED) is 0.588. The van der Waals surface area contributed by atoms with Gasteiger partial charge in [0.15, 0.2) is 0 Å². The van der Waals surface area contributed by atoms with Crippen LogP contribution in [-0.2, 0) is 0 Å². The van der Waals surface area contributed by atoms with E-state index in [0.29, 0.717) is 0 Å². The van der Waals surface area contributed by atoms with Crippen LogP contribution in [0.1, 0.15) is 32.3 Å². The predicted molar refractivity (Wildman–Crippen MR) is 70.3 cm³/mol. The summed E-state index contributed by atoms with van der Waals surface area (Å²) in [5.41, 5.74) is 1.09. The molecular weight excluding hydrogens is 194 g/mol. The van der Waals surface area contributed by atoms with Crippen LogP contribution >= 0.6 is 0 Å². The van der Waals surface area contributed by atoms with Crippen LogP contribution in [0, 0.1) is 17.8 Å². The van der Waals surface area contributed by atoms with E-state index in [1.807, 2.05) is 30.3 Å². The summed E-state index contributed by atoms with van der Waals surface area (Å²) in [5.74, 6) is 7.06. The molecule has 0 aliphatic heterocycles. The van der Waals surface area contributed by atoms with Crippen LogP contribution in [0.25, 0.3) is 0 Å². The molecule has 0 bridgehead atoms. The summed E-state index contributed by atoms with van der Waals surface area (Å²) in [6, 6.07) is 10.1. The van der Waals surface area contributed by atoms with E-state index in [2.05, 4.69) is 31.0 Å². The Bertz CT molecular complexity index is 329. The molecule has 0 saturated heterocycles. The SMILES string of the molecule is CC(C)CCCNCC#Cc1ccccc1. The zero-order valence-electron chi connectivity index (χ0n) is 10.3. The van der Waals surface area contributed by atoms with Crippen LogP contribution in [0.4, 0.5) is 0 Å². The van der Waals surface area contributed by atoms with Gasteiger partial charge in [-0.3, -0.25) is 0 Å². The minimum absolute atomic E-state index is 0.785. The van der Waals surface area contributed by atoms with Gasteiger partial charge >= 0.3 is 0 Å². The standard InChI is InChI=1S/C15H21N/c1-14(2)8-6-12-16-13-7-11-15-9-4-3-5-10-15/h3-5,9-10,14,16H,6,8,12-13H2,1-2H3.